The number of rotatable bonds is 12. The van der Waals surface area contributed by atoms with Crippen molar-refractivity contribution in [1.29, 1.82) is 5.26 Å². The summed E-state index contributed by atoms with van der Waals surface area (Å²) >= 11 is 0. The first kappa shape index (κ1) is 30.0. The highest BCUT2D eigenvalue weighted by molar-refractivity contribution is 5.95. The number of carboxylic acids is 1. The molecule has 0 radical (unpaired) electrons. The second-order valence-corrected chi connectivity index (χ2v) is 12.2. The lowest BCUT2D eigenvalue weighted by Gasteiger charge is -2.31. The smallest absolute Gasteiger partial charge is 0.335 e. The van der Waals surface area contributed by atoms with Gasteiger partial charge in [0.05, 0.1) is 55.6 Å². The maximum absolute atomic E-state index is 11.9. The van der Waals surface area contributed by atoms with Gasteiger partial charge in [0.2, 0.25) is 5.88 Å². The summed E-state index contributed by atoms with van der Waals surface area (Å²) in [7, 11) is 1.54. The van der Waals surface area contributed by atoms with Gasteiger partial charge in [-0.1, -0.05) is 6.07 Å². The summed E-state index contributed by atoms with van der Waals surface area (Å²) < 4.78 is 25.2. The van der Waals surface area contributed by atoms with E-state index in [0.29, 0.717) is 54.1 Å². The van der Waals surface area contributed by atoms with Gasteiger partial charge in [-0.25, -0.2) is 14.8 Å². The highest BCUT2D eigenvalue weighted by Crippen LogP contribution is 2.58. The molecule has 7 rings (SSSR count). The number of imidazole rings is 1. The highest BCUT2D eigenvalue weighted by atomic mass is 16.5. The van der Waals surface area contributed by atoms with Gasteiger partial charge in [-0.3, -0.25) is 4.90 Å². The van der Waals surface area contributed by atoms with E-state index in [0.717, 1.165) is 61.7 Å². The van der Waals surface area contributed by atoms with Crippen molar-refractivity contribution >= 4 is 17.0 Å². The van der Waals surface area contributed by atoms with E-state index in [-0.39, 0.29) is 23.7 Å². The Bertz CT molecular complexity index is 1830. The topological polar surface area (TPSA) is 145 Å². The van der Waals surface area contributed by atoms with Crippen LogP contribution in [0.2, 0.25) is 0 Å². The Morgan fingerprint density at radius 1 is 1.20 bits per heavy atom. The molecule has 46 heavy (non-hydrogen) atoms. The Balaban J connectivity index is 1.06. The van der Waals surface area contributed by atoms with Gasteiger partial charge in [-0.15, -0.1) is 0 Å². The van der Waals surface area contributed by atoms with Crippen LogP contribution in [0.1, 0.15) is 59.3 Å². The summed E-state index contributed by atoms with van der Waals surface area (Å²) in [5, 5.41) is 19.0. The van der Waals surface area contributed by atoms with Crippen LogP contribution in [0.3, 0.4) is 0 Å². The molecule has 3 fully saturated rings. The standard InChI is InChI=1S/C34H36N6O6/c1-3-44-27-12-21(16-35)4-5-22(27)20-46-30-6-9-36-33(38-30)34-8-10-39(17-24(34)15-34)19-29-37-31-26(40(29)18-25-7-11-45-25)13-23(32(41)42)14-28(31)43-2/h4-6,9,12-14,24-25H,3,7-8,10-11,15,17-20H2,1-2H3,(H,41,42). The first-order valence-electron chi connectivity index (χ1n) is 15.7. The molecular formula is C34H36N6O6. The van der Waals surface area contributed by atoms with Crippen molar-refractivity contribution in [2.75, 3.05) is 33.4 Å². The van der Waals surface area contributed by atoms with Gasteiger partial charge < -0.3 is 28.6 Å². The molecule has 0 spiro atoms. The second kappa shape index (κ2) is 12.2. The van der Waals surface area contributed by atoms with Crippen LogP contribution in [-0.2, 0) is 29.8 Å². The number of benzene rings is 2. The Morgan fingerprint density at radius 3 is 2.78 bits per heavy atom. The van der Waals surface area contributed by atoms with E-state index < -0.39 is 5.97 Å². The Hall–Kier alpha value is -4.73. The molecule has 1 saturated carbocycles. The number of carboxylic acid groups (broad SMARTS) is 1. The van der Waals surface area contributed by atoms with Gasteiger partial charge in [-0.05, 0) is 62.9 Å². The zero-order valence-electron chi connectivity index (χ0n) is 25.9. The van der Waals surface area contributed by atoms with Gasteiger partial charge in [0.1, 0.15) is 35.3 Å². The monoisotopic (exact) mass is 624 g/mol. The minimum Gasteiger partial charge on any atom is -0.494 e. The Kier molecular flexibility index (Phi) is 7.96. The molecule has 0 bridgehead atoms. The molecule has 3 atom stereocenters. The maximum atomic E-state index is 11.9. The van der Waals surface area contributed by atoms with E-state index in [1.807, 2.05) is 13.0 Å². The number of aromatic carboxylic acids is 1. The van der Waals surface area contributed by atoms with Crippen molar-refractivity contribution in [2.45, 2.75) is 57.4 Å². The van der Waals surface area contributed by atoms with Crippen LogP contribution in [-0.4, -0.2) is 75.0 Å². The van der Waals surface area contributed by atoms with Crippen molar-refractivity contribution in [3.8, 4) is 23.4 Å². The summed E-state index contributed by atoms with van der Waals surface area (Å²) in [5.41, 5.74) is 2.91. The SMILES string of the molecule is CCOc1cc(C#N)ccc1COc1ccnc(C23CCN(Cc4nc5c(OC)cc(C(=O)O)cc5n4CC4CCO4)CC2C3)n1. The molecule has 4 heterocycles. The van der Waals surface area contributed by atoms with E-state index in [4.69, 9.17) is 28.9 Å². The molecule has 1 N–H and O–H groups in total. The fourth-order valence-electron chi connectivity index (χ4n) is 6.74. The number of hydrogen-bond acceptors (Lipinski definition) is 10. The number of likely N-dealkylation sites (tertiary alicyclic amines) is 1. The third kappa shape index (κ3) is 5.61. The molecular weight excluding hydrogens is 588 g/mol. The number of piperidine rings is 1. The normalized spacial score (nSPS) is 22.0. The predicted molar refractivity (Wildman–Crippen MR) is 166 cm³/mol. The molecule has 0 amide bonds. The van der Waals surface area contributed by atoms with Crippen LogP contribution in [0, 0.1) is 17.2 Å². The Morgan fingerprint density at radius 2 is 2.07 bits per heavy atom. The van der Waals surface area contributed by atoms with Crippen molar-refractivity contribution in [3.63, 3.8) is 0 Å². The maximum Gasteiger partial charge on any atom is 0.335 e. The van der Waals surface area contributed by atoms with E-state index in [2.05, 4.69) is 20.5 Å². The van der Waals surface area contributed by atoms with E-state index in [1.54, 1.807) is 37.6 Å². The molecule has 4 aromatic rings. The van der Waals surface area contributed by atoms with Crippen LogP contribution in [0.25, 0.3) is 11.0 Å². The molecule has 3 unspecified atom stereocenters. The van der Waals surface area contributed by atoms with Crippen molar-refractivity contribution in [1.82, 2.24) is 24.4 Å². The van der Waals surface area contributed by atoms with Crippen molar-refractivity contribution in [3.05, 3.63) is 70.9 Å². The molecule has 2 aromatic heterocycles. The average Bonchev–Trinajstić information content (AvgIpc) is 3.69. The summed E-state index contributed by atoms with van der Waals surface area (Å²) in [5.74, 6) is 2.72. The molecule has 2 saturated heterocycles. The zero-order valence-corrected chi connectivity index (χ0v) is 25.9. The highest BCUT2D eigenvalue weighted by Gasteiger charge is 2.59. The van der Waals surface area contributed by atoms with E-state index in [9.17, 15) is 15.2 Å². The minimum absolute atomic E-state index is 0.0691. The van der Waals surface area contributed by atoms with Crippen LogP contribution in [0.5, 0.6) is 17.4 Å². The van der Waals surface area contributed by atoms with E-state index >= 15 is 0 Å². The van der Waals surface area contributed by atoms with Crippen LogP contribution in [0.15, 0.2) is 42.6 Å². The van der Waals surface area contributed by atoms with Gasteiger partial charge in [0.25, 0.3) is 0 Å². The molecule has 2 aromatic carbocycles. The molecule has 1 aliphatic carbocycles. The number of fused-ring (bicyclic) bond motifs is 2. The summed E-state index contributed by atoms with van der Waals surface area (Å²) in [6, 6.07) is 12.5. The van der Waals surface area contributed by atoms with Crippen molar-refractivity contribution < 1.29 is 28.8 Å². The van der Waals surface area contributed by atoms with Crippen LogP contribution in [0.4, 0.5) is 0 Å². The number of carbonyl (C=O) groups is 1. The average molecular weight is 625 g/mol. The zero-order chi connectivity index (χ0) is 31.8. The molecule has 12 nitrogen and oxygen atoms in total. The molecule has 2 aliphatic heterocycles. The Labute approximate surface area is 266 Å². The molecule has 238 valence electrons. The number of methoxy groups -OCH3 is 1. The van der Waals surface area contributed by atoms with Gasteiger partial charge in [0.15, 0.2) is 0 Å². The van der Waals surface area contributed by atoms with Gasteiger partial charge in [0, 0.05) is 36.4 Å². The van der Waals surface area contributed by atoms with Crippen LogP contribution >= 0.6 is 0 Å². The third-order valence-corrected chi connectivity index (χ3v) is 9.44. The lowest BCUT2D eigenvalue weighted by molar-refractivity contribution is -0.0592. The number of ether oxygens (including phenoxy) is 4. The fourth-order valence-corrected chi connectivity index (χ4v) is 6.74. The first-order valence-corrected chi connectivity index (χ1v) is 15.7. The summed E-state index contributed by atoms with van der Waals surface area (Å²) in [6.07, 6.45) is 4.75. The number of hydrogen-bond donors (Lipinski definition) is 1. The number of nitrogens with zero attached hydrogens (tertiary/aromatic N) is 6. The minimum atomic E-state index is -1.00. The largest absolute Gasteiger partial charge is 0.494 e. The fraction of sp³-hybridized carbons (Fsp3) is 0.441. The third-order valence-electron chi connectivity index (χ3n) is 9.44. The number of nitriles is 1. The lowest BCUT2D eigenvalue weighted by atomic mass is 9.94. The van der Waals surface area contributed by atoms with Gasteiger partial charge in [-0.2, -0.15) is 10.2 Å². The van der Waals surface area contributed by atoms with Crippen LogP contribution < -0.4 is 14.2 Å². The quantitative estimate of drug-likeness (QED) is 0.240. The number of aromatic nitrogens is 4. The van der Waals surface area contributed by atoms with Crippen molar-refractivity contribution in [2.24, 2.45) is 5.92 Å². The summed E-state index contributed by atoms with van der Waals surface area (Å²) in [6.45, 7) is 6.41. The molecule has 3 aliphatic rings. The predicted octanol–water partition coefficient (Wildman–Crippen LogP) is 4.33. The first-order chi connectivity index (χ1) is 22.4. The molecule has 12 heteroatoms. The van der Waals surface area contributed by atoms with Gasteiger partial charge >= 0.3 is 5.97 Å². The summed E-state index contributed by atoms with van der Waals surface area (Å²) in [4.78, 5) is 28.8. The lowest BCUT2D eigenvalue weighted by Crippen LogP contribution is -2.38. The van der Waals surface area contributed by atoms with E-state index in [1.165, 1.54) is 6.07 Å². The second-order valence-electron chi connectivity index (χ2n) is 12.2.